The Morgan fingerprint density at radius 3 is 0.680 bits per heavy atom. The Morgan fingerprint density at radius 2 is 0.600 bits per heavy atom. The van der Waals surface area contributed by atoms with Crippen LogP contribution in [0.4, 0.5) is 76.5 Å². The van der Waals surface area contributed by atoms with Crippen molar-refractivity contribution >= 4 is 22.0 Å². The third kappa shape index (κ3) is 7.29. The van der Waals surface area contributed by atoms with Gasteiger partial charge in [-0.05, 0) is 0 Å². The standard InChI is InChI=1S/C4F10S.CF8S/c5-1(6,7)3(11,12)15-4(13,14)2(8,9)10;2-1(3,4)10(5,6,7,8)9. The predicted molar refractivity (Wildman–Crippen MR) is 48.8 cm³/mol. The second-order valence-electron chi connectivity index (χ2n) is 3.55. The van der Waals surface area contributed by atoms with Gasteiger partial charge in [-0.25, -0.2) is 0 Å². The van der Waals surface area contributed by atoms with E-state index in [1.165, 1.54) is 0 Å². The van der Waals surface area contributed by atoms with Crippen molar-refractivity contribution in [3.63, 3.8) is 0 Å². The van der Waals surface area contributed by atoms with E-state index in [2.05, 4.69) is 0 Å². The average Bonchev–Trinajstić information content (AvgIpc) is 2.05. The van der Waals surface area contributed by atoms with Gasteiger partial charge in [0.05, 0.1) is 0 Å². The molecule has 0 aliphatic rings. The van der Waals surface area contributed by atoms with Gasteiger partial charge in [0.2, 0.25) is 0 Å². The highest BCUT2D eigenvalue weighted by Crippen LogP contribution is 3.04. The molecule has 0 atom stereocenters. The first-order chi connectivity index (χ1) is 9.95. The third-order valence-corrected chi connectivity index (χ3v) is 3.20. The van der Waals surface area contributed by atoms with Crippen molar-refractivity contribution in [1.82, 2.24) is 0 Å². The molecule has 0 unspecified atom stereocenters. The van der Waals surface area contributed by atoms with Gasteiger partial charge >= 0.3 is 38.6 Å². The largest absolute Gasteiger partial charge is 0.535 e. The SMILES string of the molecule is FC(F)(F)C(F)(F)SC(F)(F)C(F)(F)F.FC(F)(F)S(F)(F)(F)(F)F. The van der Waals surface area contributed by atoms with Crippen molar-refractivity contribution in [2.75, 3.05) is 0 Å². The van der Waals surface area contributed by atoms with Crippen LogP contribution in [-0.2, 0) is 0 Å². The molecule has 0 rings (SSSR count). The number of alkyl halides is 13. The summed E-state index contributed by atoms with van der Waals surface area (Å²) < 4.78 is 199. The third-order valence-electron chi connectivity index (χ3n) is 1.35. The summed E-state index contributed by atoms with van der Waals surface area (Å²) in [5, 5.41) is -12.3. The summed E-state index contributed by atoms with van der Waals surface area (Å²) in [6.45, 7) is 0. The minimum absolute atomic E-state index is 2.80. The molecular weight excluding hydrogens is 466 g/mol. The van der Waals surface area contributed by atoms with Gasteiger partial charge in [-0.1, -0.05) is 19.4 Å². The van der Waals surface area contributed by atoms with Gasteiger partial charge in [0, 0.05) is 11.8 Å². The van der Waals surface area contributed by atoms with Crippen molar-refractivity contribution in [2.24, 2.45) is 0 Å². The van der Waals surface area contributed by atoms with Crippen LogP contribution in [0.1, 0.15) is 0 Å². The van der Waals surface area contributed by atoms with E-state index in [1.54, 1.807) is 0 Å². The van der Waals surface area contributed by atoms with E-state index in [4.69, 9.17) is 0 Å². The van der Waals surface area contributed by atoms with Crippen LogP contribution in [0.15, 0.2) is 0 Å². The Balaban J connectivity index is 0. The van der Waals surface area contributed by atoms with E-state index >= 15 is 0 Å². The molecule has 0 N–H and O–H groups in total. The lowest BCUT2D eigenvalue weighted by Crippen LogP contribution is -2.42. The molecule has 0 radical (unpaired) electrons. The maximum atomic E-state index is 11.8. The van der Waals surface area contributed by atoms with Crippen LogP contribution >= 0.6 is 22.0 Å². The van der Waals surface area contributed by atoms with E-state index in [0.717, 1.165) is 0 Å². The summed E-state index contributed by atoms with van der Waals surface area (Å²) in [5.74, 6) is 0. The van der Waals surface area contributed by atoms with Crippen molar-refractivity contribution < 1.29 is 76.5 Å². The van der Waals surface area contributed by atoms with Crippen LogP contribution in [-0.4, -0.2) is 28.4 Å². The molecule has 0 heterocycles. The fourth-order valence-corrected chi connectivity index (χ4v) is 0.830. The molecule has 0 aliphatic heterocycles. The Morgan fingerprint density at radius 1 is 0.440 bits per heavy atom. The van der Waals surface area contributed by atoms with Crippen LogP contribution in [0.2, 0.25) is 0 Å². The zero-order valence-electron chi connectivity index (χ0n) is 10.1. The van der Waals surface area contributed by atoms with Gasteiger partial charge < -0.3 is 0 Å². The van der Waals surface area contributed by atoms with E-state index in [-0.39, 0.29) is 0 Å². The van der Waals surface area contributed by atoms with Gasteiger partial charge in [0.15, 0.2) is 0 Å². The van der Waals surface area contributed by atoms with E-state index < -0.39 is 50.4 Å². The highest BCUT2D eigenvalue weighted by molar-refractivity contribution is 8.46. The minimum atomic E-state index is -11.2. The average molecular weight is 466 g/mol. The Kier molecular flexibility index (Phi) is 6.10. The van der Waals surface area contributed by atoms with Crippen LogP contribution in [0, 0.1) is 0 Å². The van der Waals surface area contributed by atoms with Gasteiger partial charge in [-0.3, -0.25) is 0 Å². The van der Waals surface area contributed by atoms with Gasteiger partial charge in [-0.2, -0.15) is 57.1 Å². The topological polar surface area (TPSA) is 0 Å². The summed E-state index contributed by atoms with van der Waals surface area (Å²) in [7, 11) is -11.2. The number of hydrogen-bond acceptors (Lipinski definition) is 1. The van der Waals surface area contributed by atoms with Gasteiger partial charge in [0.1, 0.15) is 0 Å². The Hall–Kier alpha value is -0.560. The second-order valence-corrected chi connectivity index (χ2v) is 7.18. The molecule has 0 fully saturated rings. The summed E-state index contributed by atoms with van der Waals surface area (Å²) in [6.07, 6.45) is -13.0. The number of rotatable bonds is 2. The molecule has 0 bridgehead atoms. The quantitative estimate of drug-likeness (QED) is 0.374. The molecule has 0 aliphatic carbocycles. The molecular formula is C5F18S2. The first-order valence-corrected chi connectivity index (χ1v) is 7.11. The summed E-state index contributed by atoms with van der Waals surface area (Å²) in [4.78, 5) is 0. The molecule has 0 nitrogen and oxygen atoms in total. The van der Waals surface area contributed by atoms with Crippen molar-refractivity contribution in [3.8, 4) is 0 Å². The zero-order valence-corrected chi connectivity index (χ0v) is 11.8. The molecule has 158 valence electrons. The van der Waals surface area contributed by atoms with Crippen molar-refractivity contribution in [2.45, 2.75) is 28.4 Å². The smallest absolute Gasteiger partial charge is 0.183 e. The molecule has 0 spiro atoms. The van der Waals surface area contributed by atoms with E-state index in [9.17, 15) is 76.5 Å². The van der Waals surface area contributed by atoms with Crippen molar-refractivity contribution in [3.05, 3.63) is 0 Å². The first kappa shape index (κ1) is 26.7. The maximum Gasteiger partial charge on any atom is 0.535 e. The summed E-state index contributed by atoms with van der Waals surface area (Å²) >= 11 is -2.80. The van der Waals surface area contributed by atoms with Gasteiger partial charge in [-0.15, -0.1) is 0 Å². The molecule has 20 heteroatoms. The first-order valence-electron chi connectivity index (χ1n) is 4.34. The molecule has 0 aromatic carbocycles. The lowest BCUT2D eigenvalue weighted by Gasteiger charge is -2.40. The highest BCUT2D eigenvalue weighted by atomic mass is 32.5. The summed E-state index contributed by atoms with van der Waals surface area (Å²) in [5.41, 5.74) is -7.40. The van der Waals surface area contributed by atoms with E-state index in [0.29, 0.717) is 0 Å². The molecule has 0 aromatic heterocycles. The summed E-state index contributed by atoms with van der Waals surface area (Å²) in [6, 6.07) is 0. The molecule has 25 heavy (non-hydrogen) atoms. The lowest BCUT2D eigenvalue weighted by molar-refractivity contribution is -0.255. The molecule has 0 aromatic rings. The Labute approximate surface area is 128 Å². The van der Waals surface area contributed by atoms with Gasteiger partial charge in [0.25, 0.3) is 0 Å². The Bertz CT molecular complexity index is 430. The molecule has 0 amide bonds. The second kappa shape index (κ2) is 5.72. The van der Waals surface area contributed by atoms with Crippen LogP contribution in [0.3, 0.4) is 0 Å². The highest BCUT2D eigenvalue weighted by Gasteiger charge is 2.85. The fourth-order valence-electron chi connectivity index (χ4n) is 0.277. The number of thioether (sulfide) groups is 1. The normalized spacial score (nSPS) is 18.0. The predicted octanol–water partition coefficient (Wildman–Crippen LogP) is 7.83. The molecule has 0 saturated carbocycles. The van der Waals surface area contributed by atoms with Crippen LogP contribution in [0.25, 0.3) is 0 Å². The molecule has 0 saturated heterocycles. The lowest BCUT2D eigenvalue weighted by atomic mass is 10.7. The van der Waals surface area contributed by atoms with Crippen molar-refractivity contribution in [1.29, 1.82) is 0 Å². The monoisotopic (exact) mass is 466 g/mol. The minimum Gasteiger partial charge on any atom is -0.183 e. The maximum absolute atomic E-state index is 11.8. The number of halogens is 18. The van der Waals surface area contributed by atoms with Crippen LogP contribution < -0.4 is 0 Å². The van der Waals surface area contributed by atoms with E-state index in [1.807, 2.05) is 0 Å². The zero-order chi connectivity index (χ0) is 21.6. The fraction of sp³-hybridized carbons (Fsp3) is 1.00. The van der Waals surface area contributed by atoms with Crippen LogP contribution in [0.5, 0.6) is 0 Å². The number of hydrogen-bond donors (Lipinski definition) is 0.